The van der Waals surface area contributed by atoms with Crippen LogP contribution in [0, 0.1) is 0 Å². The maximum atomic E-state index is 10.8. The van der Waals surface area contributed by atoms with Crippen molar-refractivity contribution in [3.05, 3.63) is 34.9 Å². The Morgan fingerprint density at radius 2 is 1.86 bits per heavy atom. The van der Waals surface area contributed by atoms with E-state index in [4.69, 9.17) is 23.2 Å². The van der Waals surface area contributed by atoms with Gasteiger partial charge >= 0.3 is 0 Å². The summed E-state index contributed by atoms with van der Waals surface area (Å²) in [6.07, 6.45) is 2.39. The van der Waals surface area contributed by atoms with Crippen LogP contribution in [0.15, 0.2) is 18.2 Å². The summed E-state index contributed by atoms with van der Waals surface area (Å²) < 4.78 is 0. The summed E-state index contributed by atoms with van der Waals surface area (Å²) in [5.74, 6) is 1.09. The molecule has 0 aliphatic heterocycles. The molecule has 0 aliphatic rings. The van der Waals surface area contributed by atoms with Gasteiger partial charge in [-0.05, 0) is 24.0 Å². The molecule has 0 fully saturated rings. The zero-order chi connectivity index (χ0) is 10.4. The minimum absolute atomic E-state index is 0.528. The summed E-state index contributed by atoms with van der Waals surface area (Å²) >= 11 is 11.4. The number of aryl methyl sites for hydroxylation is 1. The smallest absolute Gasteiger partial charge is 0.150 e. The first-order valence-electron chi connectivity index (χ1n) is 4.51. The molecule has 76 valence electrons. The molecule has 0 amide bonds. The molecule has 0 unspecified atom stereocenters. The molecule has 1 aromatic rings. The summed E-state index contributed by atoms with van der Waals surface area (Å²) in [4.78, 5) is 10.8. The third-order valence-corrected chi connectivity index (χ3v) is 2.52. The van der Waals surface area contributed by atoms with Crippen molar-refractivity contribution < 1.29 is 4.79 Å². The first-order valence-corrected chi connectivity index (χ1v) is 5.58. The van der Waals surface area contributed by atoms with Crippen molar-refractivity contribution in [1.29, 1.82) is 0 Å². The molecule has 14 heavy (non-hydrogen) atoms. The predicted octanol–water partition coefficient (Wildman–Crippen LogP) is 3.06. The van der Waals surface area contributed by atoms with Gasteiger partial charge in [-0.1, -0.05) is 18.2 Å². The highest BCUT2D eigenvalue weighted by atomic mass is 35.5. The molecular formula is C11H12Cl2O. The van der Waals surface area contributed by atoms with Gasteiger partial charge in [-0.3, -0.25) is 4.79 Å². The van der Waals surface area contributed by atoms with Crippen LogP contribution >= 0.6 is 23.2 Å². The van der Waals surface area contributed by atoms with E-state index in [0.717, 1.165) is 35.8 Å². The van der Waals surface area contributed by atoms with Crippen molar-refractivity contribution in [3.63, 3.8) is 0 Å². The van der Waals surface area contributed by atoms with Gasteiger partial charge in [0, 0.05) is 17.3 Å². The van der Waals surface area contributed by atoms with E-state index in [9.17, 15) is 4.79 Å². The van der Waals surface area contributed by atoms with E-state index in [1.54, 1.807) is 0 Å². The molecule has 1 rings (SSSR count). The minimum Gasteiger partial charge on any atom is -0.298 e. The highest BCUT2D eigenvalue weighted by Gasteiger charge is 2.06. The second-order valence-electron chi connectivity index (χ2n) is 2.98. The quantitative estimate of drug-likeness (QED) is 0.562. The summed E-state index contributed by atoms with van der Waals surface area (Å²) in [5, 5.41) is 0. The predicted molar refractivity (Wildman–Crippen MR) is 60.7 cm³/mol. The number of aldehydes is 1. The van der Waals surface area contributed by atoms with Crippen molar-refractivity contribution in [2.75, 3.05) is 11.8 Å². The third-order valence-electron chi connectivity index (χ3n) is 2.14. The summed E-state index contributed by atoms with van der Waals surface area (Å²) in [5.41, 5.74) is 2.90. The van der Waals surface area contributed by atoms with Gasteiger partial charge in [0.15, 0.2) is 0 Å². The van der Waals surface area contributed by atoms with E-state index in [1.165, 1.54) is 0 Å². The number of rotatable bonds is 5. The zero-order valence-electron chi connectivity index (χ0n) is 7.80. The van der Waals surface area contributed by atoms with Gasteiger partial charge < -0.3 is 0 Å². The lowest BCUT2D eigenvalue weighted by atomic mass is 9.98. The Labute approximate surface area is 94.0 Å². The van der Waals surface area contributed by atoms with E-state index in [-0.39, 0.29) is 0 Å². The number of halogens is 2. The van der Waals surface area contributed by atoms with Crippen LogP contribution in [-0.2, 0) is 12.8 Å². The van der Waals surface area contributed by atoms with E-state index in [0.29, 0.717) is 11.8 Å². The zero-order valence-corrected chi connectivity index (χ0v) is 9.31. The average molecular weight is 231 g/mol. The molecule has 0 saturated heterocycles. The number of carbonyl (C=O) groups is 1. The van der Waals surface area contributed by atoms with Gasteiger partial charge in [-0.15, -0.1) is 23.2 Å². The number of hydrogen-bond acceptors (Lipinski definition) is 1. The lowest BCUT2D eigenvalue weighted by Gasteiger charge is -2.09. The molecular weight excluding hydrogens is 219 g/mol. The molecule has 1 nitrogen and oxygen atoms in total. The Morgan fingerprint density at radius 1 is 1.14 bits per heavy atom. The van der Waals surface area contributed by atoms with Crippen molar-refractivity contribution in [2.45, 2.75) is 12.8 Å². The molecule has 0 N–H and O–H groups in total. The molecule has 0 spiro atoms. The Kier molecular flexibility index (Phi) is 4.99. The Bertz CT molecular complexity index is 310. The molecule has 0 saturated carbocycles. The van der Waals surface area contributed by atoms with Crippen LogP contribution in [0.4, 0.5) is 0 Å². The van der Waals surface area contributed by atoms with E-state index < -0.39 is 0 Å². The van der Waals surface area contributed by atoms with Crippen molar-refractivity contribution in [1.82, 2.24) is 0 Å². The van der Waals surface area contributed by atoms with Crippen molar-refractivity contribution >= 4 is 29.5 Å². The Morgan fingerprint density at radius 3 is 2.43 bits per heavy atom. The minimum atomic E-state index is 0.528. The third kappa shape index (κ3) is 2.73. The number of alkyl halides is 2. The largest absolute Gasteiger partial charge is 0.298 e. The topological polar surface area (TPSA) is 17.1 Å². The highest BCUT2D eigenvalue weighted by Crippen LogP contribution is 2.16. The molecule has 0 heterocycles. The second kappa shape index (κ2) is 6.05. The Hall–Kier alpha value is -0.530. The molecule has 0 atom stereocenters. The van der Waals surface area contributed by atoms with Gasteiger partial charge in [0.1, 0.15) is 6.29 Å². The van der Waals surface area contributed by atoms with Crippen LogP contribution in [0.2, 0.25) is 0 Å². The van der Waals surface area contributed by atoms with Crippen molar-refractivity contribution in [2.24, 2.45) is 0 Å². The van der Waals surface area contributed by atoms with Crippen LogP contribution in [0.1, 0.15) is 21.5 Å². The number of benzene rings is 1. The molecule has 1 aromatic carbocycles. The standard InChI is InChI=1S/C11H12Cl2O/c12-6-4-9-2-1-3-10(8-14)11(9)5-7-13/h1-3,8H,4-7H2. The van der Waals surface area contributed by atoms with Crippen LogP contribution < -0.4 is 0 Å². The summed E-state index contributed by atoms with van der Waals surface area (Å²) in [7, 11) is 0. The van der Waals surface area contributed by atoms with Crippen LogP contribution in [0.5, 0.6) is 0 Å². The Balaban J connectivity index is 3.06. The normalized spacial score (nSPS) is 10.1. The molecule has 0 aliphatic carbocycles. The van der Waals surface area contributed by atoms with Gasteiger partial charge in [0.2, 0.25) is 0 Å². The number of carbonyl (C=O) groups excluding carboxylic acids is 1. The number of hydrogen-bond donors (Lipinski definition) is 0. The van der Waals surface area contributed by atoms with Crippen molar-refractivity contribution in [3.8, 4) is 0 Å². The lowest BCUT2D eigenvalue weighted by Crippen LogP contribution is -2.01. The van der Waals surface area contributed by atoms with Gasteiger partial charge in [0.05, 0.1) is 0 Å². The maximum absolute atomic E-state index is 10.8. The van der Waals surface area contributed by atoms with Crippen LogP contribution in [-0.4, -0.2) is 18.0 Å². The maximum Gasteiger partial charge on any atom is 0.150 e. The van der Waals surface area contributed by atoms with Crippen LogP contribution in [0.25, 0.3) is 0 Å². The first kappa shape index (κ1) is 11.5. The fraction of sp³-hybridized carbons (Fsp3) is 0.364. The average Bonchev–Trinajstić information content (AvgIpc) is 2.21. The van der Waals surface area contributed by atoms with E-state index >= 15 is 0 Å². The first-order chi connectivity index (χ1) is 6.83. The fourth-order valence-electron chi connectivity index (χ4n) is 1.50. The van der Waals surface area contributed by atoms with Gasteiger partial charge in [0.25, 0.3) is 0 Å². The SMILES string of the molecule is O=Cc1cccc(CCCl)c1CCCl. The molecule has 0 aromatic heterocycles. The molecule has 3 heteroatoms. The fourth-order valence-corrected chi connectivity index (χ4v) is 1.89. The monoisotopic (exact) mass is 230 g/mol. The highest BCUT2D eigenvalue weighted by molar-refractivity contribution is 6.18. The second-order valence-corrected chi connectivity index (χ2v) is 3.74. The molecule has 0 bridgehead atoms. The van der Waals surface area contributed by atoms with Crippen LogP contribution in [0.3, 0.4) is 0 Å². The summed E-state index contributed by atoms with van der Waals surface area (Å²) in [6, 6.07) is 5.69. The summed E-state index contributed by atoms with van der Waals surface area (Å²) in [6.45, 7) is 0. The van der Waals surface area contributed by atoms with E-state index in [2.05, 4.69) is 0 Å². The van der Waals surface area contributed by atoms with Gasteiger partial charge in [-0.2, -0.15) is 0 Å². The lowest BCUT2D eigenvalue weighted by molar-refractivity contribution is 0.112. The van der Waals surface area contributed by atoms with E-state index in [1.807, 2.05) is 18.2 Å². The van der Waals surface area contributed by atoms with Gasteiger partial charge in [-0.25, -0.2) is 0 Å². The molecule has 0 radical (unpaired) electrons.